The highest BCUT2D eigenvalue weighted by atomic mass is 16.1. The molecule has 0 radical (unpaired) electrons. The first kappa shape index (κ1) is 12.5. The second-order valence-electron chi connectivity index (χ2n) is 4.72. The smallest absolute Gasteiger partial charge is 0.269 e. The lowest BCUT2D eigenvalue weighted by molar-refractivity contribution is 0.856. The second kappa shape index (κ2) is 5.25. The number of benzene rings is 1. The number of rotatable bonds is 3. The number of aryl methyl sites for hydroxylation is 1. The maximum absolute atomic E-state index is 11.7. The molecule has 0 unspecified atom stereocenters. The van der Waals surface area contributed by atoms with E-state index in [1.807, 2.05) is 37.4 Å². The number of aromatic nitrogens is 3. The fraction of sp³-hybridized carbons (Fsp3) is 0.188. The topological polar surface area (TPSA) is 58.6 Å². The summed E-state index contributed by atoms with van der Waals surface area (Å²) in [6.07, 6.45) is 6.86. The highest BCUT2D eigenvalue weighted by Gasteiger charge is 2.08. The molecule has 2 aromatic heterocycles. The molecule has 0 saturated heterocycles. The lowest BCUT2D eigenvalue weighted by atomic mass is 10.1. The molecule has 0 atom stereocenters. The first-order chi connectivity index (χ1) is 9.79. The summed E-state index contributed by atoms with van der Waals surface area (Å²) in [6, 6.07) is 8.03. The van der Waals surface area contributed by atoms with Crippen LogP contribution in [0.5, 0.6) is 0 Å². The van der Waals surface area contributed by atoms with E-state index in [0.717, 1.165) is 28.5 Å². The van der Waals surface area contributed by atoms with Gasteiger partial charge in [-0.15, -0.1) is 0 Å². The summed E-state index contributed by atoms with van der Waals surface area (Å²) in [5, 5.41) is 2.15. The molecule has 1 aromatic carbocycles. The van der Waals surface area contributed by atoms with E-state index in [-0.39, 0.29) is 5.56 Å². The zero-order valence-corrected chi connectivity index (χ0v) is 11.3. The number of fused-ring (bicyclic) bond motifs is 1. The molecule has 1 N–H and O–H groups in total. The lowest BCUT2D eigenvalue weighted by Crippen LogP contribution is -2.14. The molecular weight excluding hydrogens is 250 g/mol. The van der Waals surface area contributed by atoms with Crippen molar-refractivity contribution >= 4 is 10.8 Å². The first-order valence-corrected chi connectivity index (χ1v) is 6.71. The van der Waals surface area contributed by atoms with Gasteiger partial charge in [0.25, 0.3) is 5.56 Å². The molecule has 0 aliphatic rings. The van der Waals surface area contributed by atoms with Crippen molar-refractivity contribution in [1.29, 1.82) is 0 Å². The Morgan fingerprint density at radius 1 is 1.20 bits per heavy atom. The third kappa shape index (κ3) is 2.20. The quantitative estimate of drug-likeness (QED) is 0.792. The Balaban J connectivity index is 2.21. The van der Waals surface area contributed by atoms with E-state index in [0.29, 0.717) is 12.1 Å². The van der Waals surface area contributed by atoms with Gasteiger partial charge in [-0.05, 0) is 11.8 Å². The summed E-state index contributed by atoms with van der Waals surface area (Å²) in [7, 11) is 0. The Kier molecular flexibility index (Phi) is 3.29. The van der Waals surface area contributed by atoms with E-state index in [9.17, 15) is 4.79 Å². The van der Waals surface area contributed by atoms with E-state index in [1.165, 1.54) is 0 Å². The number of H-pyrrole nitrogens is 1. The molecule has 3 rings (SSSR count). The molecule has 0 aliphatic heterocycles. The number of nitrogens with zero attached hydrogens (tertiary/aromatic N) is 2. The molecule has 3 aromatic rings. The Bertz CT molecular complexity index is 803. The molecular formula is C16H15N3O. The van der Waals surface area contributed by atoms with Gasteiger partial charge in [0.1, 0.15) is 5.69 Å². The molecule has 0 amide bonds. The van der Waals surface area contributed by atoms with E-state index < -0.39 is 0 Å². The van der Waals surface area contributed by atoms with Crippen LogP contribution in [0.4, 0.5) is 0 Å². The average molecular weight is 265 g/mol. The van der Waals surface area contributed by atoms with Gasteiger partial charge in [0.15, 0.2) is 0 Å². The van der Waals surface area contributed by atoms with E-state index in [2.05, 4.69) is 15.0 Å². The highest BCUT2D eigenvalue weighted by Crippen LogP contribution is 2.25. The number of pyridine rings is 1. The van der Waals surface area contributed by atoms with Gasteiger partial charge in [-0.2, -0.15) is 0 Å². The van der Waals surface area contributed by atoms with Crippen LogP contribution in [0.25, 0.3) is 22.0 Å². The predicted molar refractivity (Wildman–Crippen MR) is 79.6 cm³/mol. The monoisotopic (exact) mass is 265 g/mol. The molecule has 0 fully saturated rings. The van der Waals surface area contributed by atoms with Crippen LogP contribution >= 0.6 is 0 Å². The maximum Gasteiger partial charge on any atom is 0.269 e. The molecule has 0 spiro atoms. The predicted octanol–water partition coefficient (Wildman–Crippen LogP) is 2.94. The third-order valence-electron chi connectivity index (χ3n) is 3.29. The minimum atomic E-state index is -0.108. The summed E-state index contributed by atoms with van der Waals surface area (Å²) in [4.78, 5) is 23.2. The number of nitrogens with one attached hydrogen (secondary N) is 1. The Labute approximate surface area is 116 Å². The van der Waals surface area contributed by atoms with Crippen LogP contribution in [0.2, 0.25) is 0 Å². The first-order valence-electron chi connectivity index (χ1n) is 6.71. The summed E-state index contributed by atoms with van der Waals surface area (Å²) in [5.41, 5.74) is 2.18. The third-order valence-corrected chi connectivity index (χ3v) is 3.29. The van der Waals surface area contributed by atoms with Gasteiger partial charge in [-0.3, -0.25) is 9.78 Å². The Morgan fingerprint density at radius 2 is 2.05 bits per heavy atom. The van der Waals surface area contributed by atoms with E-state index >= 15 is 0 Å². The zero-order valence-electron chi connectivity index (χ0n) is 11.3. The lowest BCUT2D eigenvalue weighted by Gasteiger charge is -2.06. The minimum Gasteiger partial charge on any atom is -0.325 e. The van der Waals surface area contributed by atoms with Crippen molar-refractivity contribution in [3.63, 3.8) is 0 Å². The molecule has 4 nitrogen and oxygen atoms in total. The summed E-state index contributed by atoms with van der Waals surface area (Å²) in [6.45, 7) is 2.03. The van der Waals surface area contributed by atoms with Crippen LogP contribution in [0.15, 0.2) is 47.7 Å². The van der Waals surface area contributed by atoms with Crippen molar-refractivity contribution in [2.45, 2.75) is 19.8 Å². The normalized spacial score (nSPS) is 10.8. The SMILES string of the molecule is CCCc1nc(-c2cncc3ccccc23)c[nH]c1=O. The highest BCUT2D eigenvalue weighted by molar-refractivity contribution is 5.94. The van der Waals surface area contributed by atoms with Crippen LogP contribution in [0.3, 0.4) is 0 Å². The summed E-state index contributed by atoms with van der Waals surface area (Å²) < 4.78 is 0. The Hall–Kier alpha value is -2.49. The van der Waals surface area contributed by atoms with Gasteiger partial charge in [-0.1, -0.05) is 37.6 Å². The minimum absolute atomic E-state index is 0.108. The molecule has 2 heterocycles. The van der Waals surface area contributed by atoms with Crippen molar-refractivity contribution in [1.82, 2.24) is 15.0 Å². The van der Waals surface area contributed by atoms with Crippen LogP contribution in [0.1, 0.15) is 19.0 Å². The van der Waals surface area contributed by atoms with E-state index in [4.69, 9.17) is 0 Å². The van der Waals surface area contributed by atoms with Crippen molar-refractivity contribution < 1.29 is 0 Å². The van der Waals surface area contributed by atoms with E-state index in [1.54, 1.807) is 12.4 Å². The molecule has 4 heteroatoms. The van der Waals surface area contributed by atoms with Gasteiger partial charge in [0, 0.05) is 29.5 Å². The summed E-state index contributed by atoms with van der Waals surface area (Å²) >= 11 is 0. The molecule has 20 heavy (non-hydrogen) atoms. The number of aromatic amines is 1. The largest absolute Gasteiger partial charge is 0.325 e. The summed E-state index contributed by atoms with van der Waals surface area (Å²) in [5.74, 6) is 0. The van der Waals surface area contributed by atoms with Crippen LogP contribution < -0.4 is 5.56 Å². The maximum atomic E-state index is 11.7. The average Bonchev–Trinajstić information content (AvgIpc) is 2.49. The standard InChI is InChI=1S/C16H15N3O/c1-2-5-14-16(20)18-10-15(19-14)13-9-17-8-11-6-3-4-7-12(11)13/h3-4,6-10H,2,5H2,1H3,(H,18,20). The van der Waals surface area contributed by atoms with Gasteiger partial charge in [0.05, 0.1) is 5.69 Å². The fourth-order valence-corrected chi connectivity index (χ4v) is 2.31. The van der Waals surface area contributed by atoms with Gasteiger partial charge in [0.2, 0.25) is 0 Å². The van der Waals surface area contributed by atoms with Crippen LogP contribution in [-0.2, 0) is 6.42 Å². The number of hydrogen-bond donors (Lipinski definition) is 1. The molecule has 0 saturated carbocycles. The van der Waals surface area contributed by atoms with Crippen molar-refractivity contribution in [3.05, 3.63) is 58.9 Å². The Morgan fingerprint density at radius 3 is 2.90 bits per heavy atom. The molecule has 100 valence electrons. The van der Waals surface area contributed by atoms with Crippen LogP contribution in [-0.4, -0.2) is 15.0 Å². The second-order valence-corrected chi connectivity index (χ2v) is 4.72. The van der Waals surface area contributed by atoms with Crippen LogP contribution in [0, 0.1) is 0 Å². The van der Waals surface area contributed by atoms with Crippen molar-refractivity contribution in [2.24, 2.45) is 0 Å². The van der Waals surface area contributed by atoms with Crippen molar-refractivity contribution in [2.75, 3.05) is 0 Å². The van der Waals surface area contributed by atoms with Crippen molar-refractivity contribution in [3.8, 4) is 11.3 Å². The zero-order chi connectivity index (χ0) is 13.9. The van der Waals surface area contributed by atoms with Gasteiger partial charge < -0.3 is 4.98 Å². The molecule has 0 aliphatic carbocycles. The fourth-order valence-electron chi connectivity index (χ4n) is 2.31. The van der Waals surface area contributed by atoms with Gasteiger partial charge >= 0.3 is 0 Å². The number of hydrogen-bond acceptors (Lipinski definition) is 3. The molecule has 0 bridgehead atoms. The van der Waals surface area contributed by atoms with Gasteiger partial charge in [-0.25, -0.2) is 4.98 Å².